The fraction of sp³-hybridized carbons (Fsp3) is 0.467. The molecule has 1 aromatic rings. The number of aliphatic carboxylic acids is 1. The fourth-order valence-corrected chi connectivity index (χ4v) is 2.72. The SMILES string of the molecule is CC1CCCN(C(=O)Cc2ccccc2)C1C(=O)O. The van der Waals surface area contributed by atoms with Gasteiger partial charge < -0.3 is 10.0 Å². The van der Waals surface area contributed by atoms with E-state index in [0.717, 1.165) is 18.4 Å². The van der Waals surface area contributed by atoms with Gasteiger partial charge in [-0.15, -0.1) is 0 Å². The summed E-state index contributed by atoms with van der Waals surface area (Å²) in [5.74, 6) is -0.968. The van der Waals surface area contributed by atoms with Crippen molar-refractivity contribution in [3.8, 4) is 0 Å². The molecule has 1 aliphatic rings. The Morgan fingerprint density at radius 2 is 2.00 bits per heavy atom. The molecule has 2 unspecified atom stereocenters. The summed E-state index contributed by atoms with van der Waals surface area (Å²) in [7, 11) is 0. The molecule has 4 heteroatoms. The number of benzene rings is 1. The van der Waals surface area contributed by atoms with Crippen molar-refractivity contribution < 1.29 is 14.7 Å². The third kappa shape index (κ3) is 3.13. The molecular formula is C15H19NO3. The third-order valence-electron chi connectivity index (χ3n) is 3.70. The van der Waals surface area contributed by atoms with Gasteiger partial charge in [-0.3, -0.25) is 4.79 Å². The highest BCUT2D eigenvalue weighted by molar-refractivity contribution is 5.85. The van der Waals surface area contributed by atoms with Crippen molar-refractivity contribution in [3.63, 3.8) is 0 Å². The van der Waals surface area contributed by atoms with Gasteiger partial charge in [-0.25, -0.2) is 4.79 Å². The zero-order valence-electron chi connectivity index (χ0n) is 11.1. The summed E-state index contributed by atoms with van der Waals surface area (Å²) in [6, 6.07) is 8.77. The van der Waals surface area contributed by atoms with Crippen molar-refractivity contribution in [1.82, 2.24) is 4.90 Å². The average Bonchev–Trinajstić information content (AvgIpc) is 2.39. The van der Waals surface area contributed by atoms with E-state index >= 15 is 0 Å². The van der Waals surface area contributed by atoms with Gasteiger partial charge in [0, 0.05) is 6.54 Å². The number of amides is 1. The predicted octanol–water partition coefficient (Wildman–Crippen LogP) is 1.94. The maximum atomic E-state index is 12.3. The minimum absolute atomic E-state index is 0.0194. The number of carboxylic acids is 1. The molecule has 1 aromatic carbocycles. The van der Waals surface area contributed by atoms with Crippen LogP contribution in [0, 0.1) is 5.92 Å². The van der Waals surface area contributed by atoms with E-state index in [-0.39, 0.29) is 18.2 Å². The molecular weight excluding hydrogens is 242 g/mol. The number of nitrogens with zero attached hydrogens (tertiary/aromatic N) is 1. The Morgan fingerprint density at radius 1 is 1.32 bits per heavy atom. The van der Waals surface area contributed by atoms with Crippen LogP contribution in [-0.2, 0) is 16.0 Å². The van der Waals surface area contributed by atoms with Crippen LogP contribution in [0.2, 0.25) is 0 Å². The maximum Gasteiger partial charge on any atom is 0.326 e. The summed E-state index contributed by atoms with van der Waals surface area (Å²) in [6.07, 6.45) is 2.02. The number of piperidine rings is 1. The van der Waals surface area contributed by atoms with Crippen molar-refractivity contribution in [2.45, 2.75) is 32.2 Å². The summed E-state index contributed by atoms with van der Waals surface area (Å²) in [5.41, 5.74) is 0.926. The summed E-state index contributed by atoms with van der Waals surface area (Å²) in [5, 5.41) is 9.30. The third-order valence-corrected chi connectivity index (χ3v) is 3.70. The topological polar surface area (TPSA) is 57.6 Å². The summed E-state index contributed by atoms with van der Waals surface area (Å²) >= 11 is 0. The van der Waals surface area contributed by atoms with Crippen molar-refractivity contribution >= 4 is 11.9 Å². The Morgan fingerprint density at radius 3 is 2.63 bits per heavy atom. The second kappa shape index (κ2) is 5.87. The van der Waals surface area contributed by atoms with E-state index in [1.54, 1.807) is 0 Å². The molecule has 2 rings (SSSR count). The van der Waals surface area contributed by atoms with Gasteiger partial charge >= 0.3 is 5.97 Å². The highest BCUT2D eigenvalue weighted by atomic mass is 16.4. The molecule has 0 radical (unpaired) electrons. The highest BCUT2D eigenvalue weighted by Crippen LogP contribution is 2.24. The zero-order chi connectivity index (χ0) is 13.8. The lowest BCUT2D eigenvalue weighted by atomic mass is 9.90. The largest absolute Gasteiger partial charge is 0.480 e. The molecule has 19 heavy (non-hydrogen) atoms. The van der Waals surface area contributed by atoms with Crippen molar-refractivity contribution in [2.24, 2.45) is 5.92 Å². The van der Waals surface area contributed by atoms with Gasteiger partial charge in [-0.2, -0.15) is 0 Å². The van der Waals surface area contributed by atoms with Crippen LogP contribution in [0.3, 0.4) is 0 Å². The lowest BCUT2D eigenvalue weighted by molar-refractivity contribution is -0.154. The molecule has 0 bridgehead atoms. The fourth-order valence-electron chi connectivity index (χ4n) is 2.72. The number of hydrogen-bond donors (Lipinski definition) is 1. The monoisotopic (exact) mass is 261 g/mol. The first-order valence-corrected chi connectivity index (χ1v) is 6.66. The van der Waals surface area contributed by atoms with E-state index in [1.165, 1.54) is 4.90 Å². The van der Waals surface area contributed by atoms with Crippen molar-refractivity contribution in [3.05, 3.63) is 35.9 Å². The van der Waals surface area contributed by atoms with Crippen LogP contribution in [-0.4, -0.2) is 34.5 Å². The van der Waals surface area contributed by atoms with Crippen LogP contribution in [0.15, 0.2) is 30.3 Å². The molecule has 0 spiro atoms. The van der Waals surface area contributed by atoms with E-state index in [2.05, 4.69) is 0 Å². The van der Waals surface area contributed by atoms with E-state index in [1.807, 2.05) is 37.3 Å². The number of likely N-dealkylation sites (tertiary alicyclic amines) is 1. The smallest absolute Gasteiger partial charge is 0.326 e. The van der Waals surface area contributed by atoms with Gasteiger partial charge in [-0.05, 0) is 24.3 Å². The number of hydrogen-bond acceptors (Lipinski definition) is 2. The van der Waals surface area contributed by atoms with Crippen LogP contribution >= 0.6 is 0 Å². The molecule has 1 saturated heterocycles. The first-order valence-electron chi connectivity index (χ1n) is 6.66. The Kier molecular flexibility index (Phi) is 4.20. The summed E-state index contributed by atoms with van der Waals surface area (Å²) in [6.45, 7) is 2.45. The second-order valence-corrected chi connectivity index (χ2v) is 5.15. The summed E-state index contributed by atoms with van der Waals surface area (Å²) in [4.78, 5) is 25.2. The first kappa shape index (κ1) is 13.6. The van der Waals surface area contributed by atoms with Crippen LogP contribution in [0.4, 0.5) is 0 Å². The van der Waals surface area contributed by atoms with E-state index < -0.39 is 12.0 Å². The minimum Gasteiger partial charge on any atom is -0.480 e. The van der Waals surface area contributed by atoms with Gasteiger partial charge in [0.25, 0.3) is 0 Å². The molecule has 1 N–H and O–H groups in total. The van der Waals surface area contributed by atoms with Crippen molar-refractivity contribution in [1.29, 1.82) is 0 Å². The van der Waals surface area contributed by atoms with E-state index in [0.29, 0.717) is 6.54 Å². The molecule has 1 aliphatic heterocycles. The first-order chi connectivity index (χ1) is 9.09. The summed E-state index contributed by atoms with van der Waals surface area (Å²) < 4.78 is 0. The molecule has 0 saturated carbocycles. The number of carbonyl (C=O) groups is 2. The van der Waals surface area contributed by atoms with E-state index in [4.69, 9.17) is 0 Å². The molecule has 2 atom stereocenters. The van der Waals surface area contributed by atoms with Crippen molar-refractivity contribution in [2.75, 3.05) is 6.54 Å². The Bertz CT molecular complexity index is 458. The van der Waals surface area contributed by atoms with Gasteiger partial charge in [0.1, 0.15) is 6.04 Å². The van der Waals surface area contributed by atoms with Gasteiger partial charge in [0.2, 0.25) is 5.91 Å². The lowest BCUT2D eigenvalue weighted by Crippen LogP contribution is -2.52. The highest BCUT2D eigenvalue weighted by Gasteiger charge is 2.36. The van der Waals surface area contributed by atoms with Crippen LogP contribution < -0.4 is 0 Å². The standard InChI is InChI=1S/C15H19NO3/c1-11-6-5-9-16(14(11)15(18)19)13(17)10-12-7-3-2-4-8-12/h2-4,7-8,11,14H,5-6,9-10H2,1H3,(H,18,19). The number of carbonyl (C=O) groups excluding carboxylic acids is 1. The van der Waals surface area contributed by atoms with Crippen LogP contribution in [0.25, 0.3) is 0 Å². The minimum atomic E-state index is -0.895. The molecule has 1 fully saturated rings. The molecule has 0 aromatic heterocycles. The molecule has 1 heterocycles. The second-order valence-electron chi connectivity index (χ2n) is 5.15. The molecule has 1 amide bonds. The van der Waals surface area contributed by atoms with Gasteiger partial charge in [0.15, 0.2) is 0 Å². The molecule has 0 aliphatic carbocycles. The van der Waals surface area contributed by atoms with Gasteiger partial charge in [0.05, 0.1) is 6.42 Å². The maximum absolute atomic E-state index is 12.3. The average molecular weight is 261 g/mol. The Hall–Kier alpha value is -1.84. The van der Waals surface area contributed by atoms with E-state index in [9.17, 15) is 14.7 Å². The predicted molar refractivity (Wildman–Crippen MR) is 71.7 cm³/mol. The number of rotatable bonds is 3. The molecule has 4 nitrogen and oxygen atoms in total. The molecule has 102 valence electrons. The van der Waals surface area contributed by atoms with Gasteiger partial charge in [-0.1, -0.05) is 37.3 Å². The quantitative estimate of drug-likeness (QED) is 0.904. The zero-order valence-corrected chi connectivity index (χ0v) is 11.1. The Labute approximate surface area is 113 Å². The normalized spacial score (nSPS) is 23.1. The number of carboxylic acid groups (broad SMARTS) is 1. The van der Waals surface area contributed by atoms with Crippen LogP contribution in [0.5, 0.6) is 0 Å². The Balaban J connectivity index is 2.10. The lowest BCUT2D eigenvalue weighted by Gasteiger charge is -2.37. The van der Waals surface area contributed by atoms with Crippen LogP contribution in [0.1, 0.15) is 25.3 Å².